The van der Waals surface area contributed by atoms with Gasteiger partial charge in [0.15, 0.2) is 0 Å². The molecule has 5 heteroatoms. The molecule has 0 bridgehead atoms. The molecule has 0 spiro atoms. The Morgan fingerprint density at radius 2 is 1.71 bits per heavy atom. The lowest BCUT2D eigenvalue weighted by molar-refractivity contribution is -0.121. The molecule has 5 nitrogen and oxygen atoms in total. The fraction of sp³-hybridized carbons (Fsp3) is 0.263. The van der Waals surface area contributed by atoms with E-state index in [0.29, 0.717) is 31.5 Å². The Morgan fingerprint density at radius 1 is 1.00 bits per heavy atom. The van der Waals surface area contributed by atoms with Gasteiger partial charge in [-0.25, -0.2) is 0 Å². The third-order valence-electron chi connectivity index (χ3n) is 3.60. The highest BCUT2D eigenvalue weighted by Crippen LogP contribution is 2.10. The average molecular weight is 326 g/mol. The monoisotopic (exact) mass is 326 g/mol. The number of hydrogen-bond donors (Lipinski definition) is 3. The second-order valence-corrected chi connectivity index (χ2v) is 5.64. The van der Waals surface area contributed by atoms with Crippen molar-refractivity contribution >= 4 is 11.8 Å². The van der Waals surface area contributed by atoms with Crippen molar-refractivity contribution in [3.63, 3.8) is 0 Å². The summed E-state index contributed by atoms with van der Waals surface area (Å²) in [6.45, 7) is 2.74. The lowest BCUT2D eigenvalue weighted by Gasteiger charge is -2.08. The molecule has 3 N–H and O–H groups in total. The van der Waals surface area contributed by atoms with Crippen LogP contribution in [-0.2, 0) is 11.2 Å². The van der Waals surface area contributed by atoms with E-state index in [0.717, 1.165) is 5.56 Å². The molecule has 0 fully saturated rings. The molecule has 0 heterocycles. The van der Waals surface area contributed by atoms with Crippen LogP contribution >= 0.6 is 0 Å². The Balaban J connectivity index is 1.64. The number of carbonyl (C=O) groups excluding carboxylic acids is 2. The van der Waals surface area contributed by atoms with Gasteiger partial charge in [-0.1, -0.05) is 35.9 Å². The first kappa shape index (κ1) is 17.5. The maximum Gasteiger partial charge on any atom is 0.251 e. The Hall–Kier alpha value is -2.82. The van der Waals surface area contributed by atoms with Gasteiger partial charge >= 0.3 is 0 Å². The van der Waals surface area contributed by atoms with Crippen molar-refractivity contribution in [3.05, 3.63) is 65.2 Å². The number of amides is 2. The Bertz CT molecular complexity index is 696. The average Bonchev–Trinajstić information content (AvgIpc) is 2.58. The molecule has 0 radical (unpaired) electrons. The molecule has 0 saturated carbocycles. The van der Waals surface area contributed by atoms with Gasteiger partial charge in [-0.15, -0.1) is 0 Å². The maximum atomic E-state index is 11.8. The molecule has 2 amide bonds. The third-order valence-corrected chi connectivity index (χ3v) is 3.60. The van der Waals surface area contributed by atoms with E-state index in [2.05, 4.69) is 10.6 Å². The first-order valence-corrected chi connectivity index (χ1v) is 7.94. The van der Waals surface area contributed by atoms with E-state index in [-0.39, 0.29) is 17.6 Å². The fourth-order valence-corrected chi connectivity index (χ4v) is 2.23. The van der Waals surface area contributed by atoms with Crippen molar-refractivity contribution in [3.8, 4) is 5.75 Å². The molecule has 0 aliphatic heterocycles. The van der Waals surface area contributed by atoms with Crippen molar-refractivity contribution in [2.24, 2.45) is 0 Å². The number of aryl methyl sites for hydroxylation is 2. The summed E-state index contributed by atoms with van der Waals surface area (Å²) in [5, 5.41) is 14.8. The van der Waals surface area contributed by atoms with Crippen LogP contribution in [-0.4, -0.2) is 30.0 Å². The number of hydrogen-bond acceptors (Lipinski definition) is 3. The summed E-state index contributed by atoms with van der Waals surface area (Å²) >= 11 is 0. The number of benzene rings is 2. The van der Waals surface area contributed by atoms with Gasteiger partial charge in [0.1, 0.15) is 5.75 Å². The van der Waals surface area contributed by atoms with Gasteiger partial charge in [0.25, 0.3) is 5.91 Å². The number of aromatic hydroxyl groups is 1. The van der Waals surface area contributed by atoms with Crippen molar-refractivity contribution in [2.75, 3.05) is 13.1 Å². The molecule has 0 saturated heterocycles. The van der Waals surface area contributed by atoms with E-state index in [1.165, 1.54) is 17.7 Å². The highest BCUT2D eigenvalue weighted by molar-refractivity contribution is 5.94. The SMILES string of the molecule is Cc1ccc(CCC(=O)NCCNC(=O)c2cccc(O)c2)cc1. The summed E-state index contributed by atoms with van der Waals surface area (Å²) in [4.78, 5) is 23.6. The van der Waals surface area contributed by atoms with Gasteiger partial charge in [0.2, 0.25) is 5.91 Å². The van der Waals surface area contributed by atoms with Crippen LogP contribution in [0, 0.1) is 6.92 Å². The van der Waals surface area contributed by atoms with E-state index in [1.54, 1.807) is 12.1 Å². The molecule has 0 aliphatic carbocycles. The molecular weight excluding hydrogens is 304 g/mol. The van der Waals surface area contributed by atoms with Gasteiger partial charge in [0.05, 0.1) is 0 Å². The first-order chi connectivity index (χ1) is 11.5. The van der Waals surface area contributed by atoms with Crippen molar-refractivity contribution in [1.29, 1.82) is 0 Å². The van der Waals surface area contributed by atoms with Crippen LogP contribution < -0.4 is 10.6 Å². The molecule has 0 unspecified atom stereocenters. The highest BCUT2D eigenvalue weighted by Gasteiger charge is 2.06. The van der Waals surface area contributed by atoms with Crippen molar-refractivity contribution in [1.82, 2.24) is 10.6 Å². The minimum atomic E-state index is -0.278. The van der Waals surface area contributed by atoms with E-state index < -0.39 is 0 Å². The van der Waals surface area contributed by atoms with Crippen LogP contribution in [0.1, 0.15) is 27.9 Å². The number of phenols is 1. The van der Waals surface area contributed by atoms with Crippen LogP contribution in [0.5, 0.6) is 5.75 Å². The normalized spacial score (nSPS) is 10.2. The highest BCUT2D eigenvalue weighted by atomic mass is 16.3. The van der Waals surface area contributed by atoms with Crippen LogP contribution in [0.3, 0.4) is 0 Å². The van der Waals surface area contributed by atoms with Gasteiger partial charge < -0.3 is 15.7 Å². The lowest BCUT2D eigenvalue weighted by atomic mass is 10.1. The van der Waals surface area contributed by atoms with Crippen LogP contribution in [0.25, 0.3) is 0 Å². The Labute approximate surface area is 141 Å². The summed E-state index contributed by atoms with van der Waals surface area (Å²) in [5.74, 6) is -0.269. The minimum absolute atomic E-state index is 0.0396. The molecule has 2 rings (SSSR count). The van der Waals surface area contributed by atoms with E-state index >= 15 is 0 Å². The predicted molar refractivity (Wildman–Crippen MR) is 92.9 cm³/mol. The fourth-order valence-electron chi connectivity index (χ4n) is 2.23. The largest absolute Gasteiger partial charge is 0.508 e. The summed E-state index contributed by atoms with van der Waals surface area (Å²) in [6.07, 6.45) is 1.12. The summed E-state index contributed by atoms with van der Waals surface area (Å²) in [6, 6.07) is 14.2. The van der Waals surface area contributed by atoms with Crippen molar-refractivity contribution in [2.45, 2.75) is 19.8 Å². The molecule has 0 aliphatic rings. The molecule has 2 aromatic carbocycles. The topological polar surface area (TPSA) is 78.4 Å². The van der Waals surface area contributed by atoms with Gasteiger partial charge in [0, 0.05) is 25.1 Å². The van der Waals surface area contributed by atoms with Gasteiger partial charge in [-0.2, -0.15) is 0 Å². The quantitative estimate of drug-likeness (QED) is 0.682. The van der Waals surface area contributed by atoms with Crippen molar-refractivity contribution < 1.29 is 14.7 Å². The van der Waals surface area contributed by atoms with Gasteiger partial charge in [-0.3, -0.25) is 9.59 Å². The van der Waals surface area contributed by atoms with Crippen LogP contribution in [0.2, 0.25) is 0 Å². The number of nitrogens with one attached hydrogen (secondary N) is 2. The van der Waals surface area contributed by atoms with Crippen LogP contribution in [0.4, 0.5) is 0 Å². The lowest BCUT2D eigenvalue weighted by Crippen LogP contribution is -2.34. The zero-order valence-electron chi connectivity index (χ0n) is 13.7. The predicted octanol–water partition coefficient (Wildman–Crippen LogP) is 2.18. The Kier molecular flexibility index (Phi) is 6.37. The molecule has 2 aromatic rings. The van der Waals surface area contributed by atoms with E-state index in [4.69, 9.17) is 0 Å². The zero-order valence-corrected chi connectivity index (χ0v) is 13.7. The number of rotatable bonds is 7. The molecular formula is C19H22N2O3. The zero-order chi connectivity index (χ0) is 17.4. The minimum Gasteiger partial charge on any atom is -0.508 e. The smallest absolute Gasteiger partial charge is 0.251 e. The third kappa shape index (κ3) is 5.76. The van der Waals surface area contributed by atoms with E-state index in [9.17, 15) is 14.7 Å². The second-order valence-electron chi connectivity index (χ2n) is 5.64. The molecule has 0 aromatic heterocycles. The molecule has 126 valence electrons. The molecule has 24 heavy (non-hydrogen) atoms. The number of phenolic OH excluding ortho intramolecular Hbond substituents is 1. The van der Waals surface area contributed by atoms with Gasteiger partial charge in [-0.05, 0) is 37.1 Å². The number of carbonyl (C=O) groups is 2. The first-order valence-electron chi connectivity index (χ1n) is 7.94. The van der Waals surface area contributed by atoms with Crippen LogP contribution in [0.15, 0.2) is 48.5 Å². The molecule has 0 atom stereocenters. The summed E-state index contributed by atoms with van der Waals surface area (Å²) in [5.41, 5.74) is 2.72. The van der Waals surface area contributed by atoms with E-state index in [1.807, 2.05) is 31.2 Å². The summed E-state index contributed by atoms with van der Waals surface area (Å²) < 4.78 is 0. The maximum absolute atomic E-state index is 11.8. The Morgan fingerprint density at radius 3 is 2.42 bits per heavy atom. The standard InChI is InChI=1S/C19H22N2O3/c1-14-5-7-15(8-6-14)9-10-18(23)20-11-12-21-19(24)16-3-2-4-17(22)13-16/h2-8,13,22H,9-12H2,1H3,(H,20,23)(H,21,24). The second kappa shape index (κ2) is 8.72. The summed E-state index contributed by atoms with van der Waals surface area (Å²) in [7, 11) is 0.